The van der Waals surface area contributed by atoms with Crippen LogP contribution in [0.4, 0.5) is 4.79 Å². The number of benzene rings is 1. The number of nitrogens with one attached hydrogen (secondary N) is 1. The van der Waals surface area contributed by atoms with E-state index in [9.17, 15) is 9.59 Å². The molecule has 19 heavy (non-hydrogen) atoms. The van der Waals surface area contributed by atoms with Crippen LogP contribution in [0.3, 0.4) is 0 Å². The normalized spacial score (nSPS) is 11.8. The van der Waals surface area contributed by atoms with Crippen molar-refractivity contribution in [3.63, 3.8) is 0 Å². The Hall–Kier alpha value is -1.59. The zero-order valence-electron chi connectivity index (χ0n) is 10.3. The van der Waals surface area contributed by atoms with Gasteiger partial charge in [-0.1, -0.05) is 30.3 Å². The molecule has 1 aromatic rings. The van der Waals surface area contributed by atoms with Crippen LogP contribution >= 0.6 is 11.6 Å². The molecule has 104 valence electrons. The third-order valence-electron chi connectivity index (χ3n) is 2.48. The average molecular weight is 286 g/mol. The van der Waals surface area contributed by atoms with E-state index in [1.54, 1.807) is 0 Å². The summed E-state index contributed by atoms with van der Waals surface area (Å²) in [5.41, 5.74) is 1.02. The second kappa shape index (κ2) is 8.50. The molecule has 0 aliphatic heterocycles. The molecule has 0 saturated carbocycles. The molecule has 0 heterocycles. The summed E-state index contributed by atoms with van der Waals surface area (Å²) in [7, 11) is 0. The van der Waals surface area contributed by atoms with E-state index in [2.05, 4.69) is 5.32 Å². The van der Waals surface area contributed by atoms with Crippen molar-refractivity contribution >= 4 is 23.5 Å². The van der Waals surface area contributed by atoms with Crippen molar-refractivity contribution in [3.05, 3.63) is 35.9 Å². The van der Waals surface area contributed by atoms with Gasteiger partial charge in [0.05, 0.1) is 18.5 Å². The minimum atomic E-state index is -1.24. The van der Waals surface area contributed by atoms with Crippen molar-refractivity contribution in [3.8, 4) is 0 Å². The highest BCUT2D eigenvalue weighted by Gasteiger charge is 2.19. The molecule has 0 unspecified atom stereocenters. The van der Waals surface area contributed by atoms with Crippen molar-refractivity contribution in [2.24, 2.45) is 0 Å². The van der Waals surface area contributed by atoms with Gasteiger partial charge in [0.2, 0.25) is 0 Å². The van der Waals surface area contributed by atoms with Crippen LogP contribution < -0.4 is 5.32 Å². The van der Waals surface area contributed by atoms with Gasteiger partial charge in [0, 0.05) is 6.61 Å². The first-order chi connectivity index (χ1) is 9.13. The maximum absolute atomic E-state index is 11.4. The van der Waals surface area contributed by atoms with Crippen LogP contribution in [0.25, 0.3) is 0 Å². The number of amides is 1. The molecule has 0 spiro atoms. The van der Waals surface area contributed by atoms with E-state index in [-0.39, 0.29) is 24.7 Å². The molecule has 6 heteroatoms. The molecule has 0 fully saturated rings. The number of alkyl halides is 1. The van der Waals surface area contributed by atoms with E-state index in [1.807, 2.05) is 30.3 Å². The summed E-state index contributed by atoms with van der Waals surface area (Å²) < 4.78 is 5.40. The molecular formula is C13H16ClNO4. The summed E-state index contributed by atoms with van der Waals surface area (Å²) in [6.07, 6.45) is -0.975. The SMILES string of the molecule is O=C(O)N[C@@H](CCOCc1ccccc1)C(=O)CCl. The maximum Gasteiger partial charge on any atom is 0.405 e. The van der Waals surface area contributed by atoms with E-state index < -0.39 is 12.1 Å². The Bertz CT molecular complexity index is 410. The van der Waals surface area contributed by atoms with Gasteiger partial charge in [0.15, 0.2) is 5.78 Å². The molecule has 0 saturated heterocycles. The van der Waals surface area contributed by atoms with E-state index in [4.69, 9.17) is 21.4 Å². The van der Waals surface area contributed by atoms with Crippen LogP contribution in [-0.2, 0) is 16.1 Å². The number of rotatable bonds is 8. The predicted octanol–water partition coefficient (Wildman–Crippen LogP) is 2.04. The quantitative estimate of drug-likeness (QED) is 0.566. The molecule has 2 N–H and O–H groups in total. The summed E-state index contributed by atoms with van der Waals surface area (Å²) in [5, 5.41) is 10.7. The van der Waals surface area contributed by atoms with Gasteiger partial charge in [-0.25, -0.2) is 4.79 Å². The minimum Gasteiger partial charge on any atom is -0.465 e. The fraction of sp³-hybridized carbons (Fsp3) is 0.385. The second-order valence-electron chi connectivity index (χ2n) is 3.93. The maximum atomic E-state index is 11.4. The largest absolute Gasteiger partial charge is 0.465 e. The predicted molar refractivity (Wildman–Crippen MR) is 71.4 cm³/mol. The molecule has 1 rings (SSSR count). The Morgan fingerprint density at radius 2 is 2.00 bits per heavy atom. The standard InChI is InChI=1S/C13H16ClNO4/c14-8-12(16)11(15-13(17)18)6-7-19-9-10-4-2-1-3-5-10/h1-5,11,15H,6-9H2,(H,17,18)/t11-/m0/s1. The highest BCUT2D eigenvalue weighted by Crippen LogP contribution is 2.03. The molecule has 1 aromatic carbocycles. The number of hydrogen-bond acceptors (Lipinski definition) is 3. The third-order valence-corrected chi connectivity index (χ3v) is 2.74. The van der Waals surface area contributed by atoms with Gasteiger partial charge in [-0.3, -0.25) is 4.79 Å². The van der Waals surface area contributed by atoms with Crippen LogP contribution in [0.15, 0.2) is 30.3 Å². The Morgan fingerprint density at radius 3 is 2.58 bits per heavy atom. The number of ketones is 1. The molecular weight excluding hydrogens is 270 g/mol. The van der Waals surface area contributed by atoms with Crippen LogP contribution in [0.5, 0.6) is 0 Å². The van der Waals surface area contributed by atoms with E-state index in [1.165, 1.54) is 0 Å². The van der Waals surface area contributed by atoms with E-state index in [0.717, 1.165) is 5.56 Å². The Balaban J connectivity index is 2.32. The first-order valence-electron chi connectivity index (χ1n) is 5.83. The number of ether oxygens (including phenoxy) is 1. The molecule has 0 radical (unpaired) electrons. The minimum absolute atomic E-state index is 0.219. The van der Waals surface area contributed by atoms with Crippen molar-refractivity contribution < 1.29 is 19.4 Å². The molecule has 0 bridgehead atoms. The molecule has 0 aliphatic rings. The first kappa shape index (κ1) is 15.5. The van der Waals surface area contributed by atoms with Crippen molar-refractivity contribution in [1.29, 1.82) is 0 Å². The monoisotopic (exact) mass is 285 g/mol. The van der Waals surface area contributed by atoms with Crippen LogP contribution in [0.2, 0.25) is 0 Å². The van der Waals surface area contributed by atoms with Gasteiger partial charge in [0.1, 0.15) is 0 Å². The van der Waals surface area contributed by atoms with Gasteiger partial charge in [-0.05, 0) is 12.0 Å². The highest BCUT2D eigenvalue weighted by atomic mass is 35.5. The fourth-order valence-corrected chi connectivity index (χ4v) is 1.71. The summed E-state index contributed by atoms with van der Waals surface area (Å²) in [4.78, 5) is 21.9. The third kappa shape index (κ3) is 6.22. The lowest BCUT2D eigenvalue weighted by Crippen LogP contribution is -2.41. The smallest absolute Gasteiger partial charge is 0.405 e. The van der Waals surface area contributed by atoms with Crippen molar-refractivity contribution in [1.82, 2.24) is 5.32 Å². The molecule has 1 atom stereocenters. The van der Waals surface area contributed by atoms with E-state index >= 15 is 0 Å². The molecule has 0 aromatic heterocycles. The summed E-state index contributed by atoms with van der Waals surface area (Å²) in [6, 6.07) is 8.77. The fourth-order valence-electron chi connectivity index (χ4n) is 1.52. The van der Waals surface area contributed by atoms with Crippen molar-refractivity contribution in [2.45, 2.75) is 19.1 Å². The first-order valence-corrected chi connectivity index (χ1v) is 6.36. The number of Topliss-reactive ketones (excluding diaryl/α,β-unsaturated/α-hetero) is 1. The van der Waals surface area contributed by atoms with Gasteiger partial charge < -0.3 is 15.2 Å². The van der Waals surface area contributed by atoms with Crippen LogP contribution in [0.1, 0.15) is 12.0 Å². The average Bonchev–Trinajstić information content (AvgIpc) is 2.42. The lowest BCUT2D eigenvalue weighted by atomic mass is 10.1. The van der Waals surface area contributed by atoms with Gasteiger partial charge in [0.25, 0.3) is 0 Å². The van der Waals surface area contributed by atoms with Gasteiger partial charge in [-0.15, -0.1) is 11.6 Å². The lowest BCUT2D eigenvalue weighted by molar-refractivity contribution is -0.119. The Morgan fingerprint density at radius 1 is 1.32 bits per heavy atom. The summed E-state index contributed by atoms with van der Waals surface area (Å²) in [5.74, 6) is -0.573. The van der Waals surface area contributed by atoms with Crippen LogP contribution in [0, 0.1) is 0 Å². The van der Waals surface area contributed by atoms with E-state index in [0.29, 0.717) is 6.61 Å². The summed E-state index contributed by atoms with van der Waals surface area (Å²) >= 11 is 5.42. The second-order valence-corrected chi connectivity index (χ2v) is 4.20. The molecule has 5 nitrogen and oxygen atoms in total. The number of carboxylic acid groups (broad SMARTS) is 1. The topological polar surface area (TPSA) is 75.6 Å². The van der Waals surface area contributed by atoms with Crippen LogP contribution in [-0.4, -0.2) is 35.5 Å². The van der Waals surface area contributed by atoms with Gasteiger partial charge >= 0.3 is 6.09 Å². The van der Waals surface area contributed by atoms with Gasteiger partial charge in [-0.2, -0.15) is 0 Å². The zero-order valence-corrected chi connectivity index (χ0v) is 11.1. The zero-order chi connectivity index (χ0) is 14.1. The number of hydrogen-bond donors (Lipinski definition) is 2. The summed E-state index contributed by atoms with van der Waals surface area (Å²) in [6.45, 7) is 0.707. The lowest BCUT2D eigenvalue weighted by Gasteiger charge is -2.14. The molecule has 1 amide bonds. The highest BCUT2D eigenvalue weighted by molar-refractivity contribution is 6.28. The number of carbonyl (C=O) groups excluding carboxylic acids is 1. The molecule has 0 aliphatic carbocycles. The Kier molecular flexibility index (Phi) is 6.92. The van der Waals surface area contributed by atoms with Crippen molar-refractivity contribution in [2.75, 3.05) is 12.5 Å². The number of carbonyl (C=O) groups is 2. The number of halogens is 1. The Labute approximate surface area is 116 Å².